The van der Waals surface area contributed by atoms with Gasteiger partial charge in [0.25, 0.3) is 5.91 Å². The molecule has 3 rings (SSSR count). The molecule has 1 aromatic heterocycles. The van der Waals surface area contributed by atoms with E-state index in [0.29, 0.717) is 17.0 Å². The molecule has 0 saturated carbocycles. The maximum absolute atomic E-state index is 12.4. The van der Waals surface area contributed by atoms with E-state index in [1.807, 2.05) is 25.1 Å². The van der Waals surface area contributed by atoms with Crippen molar-refractivity contribution in [1.29, 1.82) is 5.41 Å². The van der Waals surface area contributed by atoms with Crippen LogP contribution in [0.2, 0.25) is 0 Å². The van der Waals surface area contributed by atoms with Crippen LogP contribution in [0.1, 0.15) is 15.9 Å². The molecule has 5 nitrogen and oxygen atoms in total. The minimum Gasteiger partial charge on any atom is -0.497 e. The average Bonchev–Trinajstić information content (AvgIpc) is 2.53. The maximum atomic E-state index is 12.4. The Morgan fingerprint density at radius 3 is 2.74 bits per heavy atom. The smallest absolute Gasteiger partial charge is 0.261 e. The third-order valence-electron chi connectivity index (χ3n) is 3.50. The monoisotopic (exact) mass is 308 g/mol. The number of anilines is 1. The Bertz CT molecular complexity index is 944. The van der Waals surface area contributed by atoms with Gasteiger partial charge in [-0.3, -0.25) is 10.2 Å². The van der Waals surface area contributed by atoms with Crippen LogP contribution in [-0.2, 0) is 0 Å². The Balaban J connectivity index is 1.97. The lowest BCUT2D eigenvalue weighted by molar-refractivity contribution is 0.102. The SMILES string of the molecule is COc1ccc2cc(C(=O)Nc3cccc(C)c3)c(=N)oc2c1. The highest BCUT2D eigenvalue weighted by atomic mass is 16.5. The van der Waals surface area contributed by atoms with E-state index in [1.54, 1.807) is 37.4 Å². The van der Waals surface area contributed by atoms with Gasteiger partial charge in [-0.2, -0.15) is 0 Å². The Morgan fingerprint density at radius 2 is 2.00 bits per heavy atom. The molecule has 116 valence electrons. The molecular weight excluding hydrogens is 292 g/mol. The zero-order chi connectivity index (χ0) is 16.4. The number of hydrogen-bond donors (Lipinski definition) is 2. The summed E-state index contributed by atoms with van der Waals surface area (Å²) in [7, 11) is 1.56. The van der Waals surface area contributed by atoms with Crippen LogP contribution in [0.25, 0.3) is 11.0 Å². The number of methoxy groups -OCH3 is 1. The van der Waals surface area contributed by atoms with Gasteiger partial charge in [-0.05, 0) is 42.8 Å². The average molecular weight is 308 g/mol. The summed E-state index contributed by atoms with van der Waals surface area (Å²) >= 11 is 0. The van der Waals surface area contributed by atoms with E-state index in [2.05, 4.69) is 5.32 Å². The summed E-state index contributed by atoms with van der Waals surface area (Å²) in [5.74, 6) is 0.264. The van der Waals surface area contributed by atoms with Crippen LogP contribution in [0.3, 0.4) is 0 Å². The van der Waals surface area contributed by atoms with E-state index in [4.69, 9.17) is 14.6 Å². The number of fused-ring (bicyclic) bond motifs is 1. The van der Waals surface area contributed by atoms with Crippen LogP contribution in [0.4, 0.5) is 5.69 Å². The molecule has 0 radical (unpaired) electrons. The number of benzene rings is 2. The van der Waals surface area contributed by atoms with Crippen LogP contribution in [0, 0.1) is 12.3 Å². The minimum atomic E-state index is -0.373. The number of amides is 1. The first-order chi connectivity index (χ1) is 11.1. The lowest BCUT2D eigenvalue weighted by Gasteiger charge is -2.07. The topological polar surface area (TPSA) is 75.3 Å². The largest absolute Gasteiger partial charge is 0.497 e. The summed E-state index contributed by atoms with van der Waals surface area (Å²) in [6.07, 6.45) is 0. The summed E-state index contributed by atoms with van der Waals surface area (Å²) in [5.41, 5.74) is 2.23. The van der Waals surface area contributed by atoms with E-state index < -0.39 is 0 Å². The highest BCUT2D eigenvalue weighted by Gasteiger charge is 2.12. The predicted molar refractivity (Wildman–Crippen MR) is 87.8 cm³/mol. The van der Waals surface area contributed by atoms with Crippen molar-refractivity contribution in [1.82, 2.24) is 0 Å². The highest BCUT2D eigenvalue weighted by molar-refractivity contribution is 6.05. The van der Waals surface area contributed by atoms with Crippen molar-refractivity contribution in [2.45, 2.75) is 6.92 Å². The summed E-state index contributed by atoms with van der Waals surface area (Å²) in [5, 5.41) is 11.5. The van der Waals surface area contributed by atoms with Gasteiger partial charge in [0.15, 0.2) is 0 Å². The zero-order valence-corrected chi connectivity index (χ0v) is 12.8. The van der Waals surface area contributed by atoms with E-state index in [0.717, 1.165) is 10.9 Å². The summed E-state index contributed by atoms with van der Waals surface area (Å²) < 4.78 is 10.6. The molecule has 0 aliphatic rings. The fourth-order valence-electron chi connectivity index (χ4n) is 2.33. The van der Waals surface area contributed by atoms with Crippen molar-refractivity contribution >= 4 is 22.6 Å². The molecule has 2 aromatic carbocycles. The first kappa shape index (κ1) is 14.8. The van der Waals surface area contributed by atoms with Gasteiger partial charge in [0.05, 0.1) is 7.11 Å². The molecule has 5 heteroatoms. The summed E-state index contributed by atoms with van der Waals surface area (Å²) in [4.78, 5) is 12.4. The lowest BCUT2D eigenvalue weighted by Crippen LogP contribution is -2.20. The molecule has 0 aliphatic carbocycles. The first-order valence-corrected chi connectivity index (χ1v) is 7.11. The molecule has 0 aliphatic heterocycles. The second-order valence-corrected chi connectivity index (χ2v) is 5.22. The Kier molecular flexibility index (Phi) is 3.85. The number of carbonyl (C=O) groups excluding carboxylic acids is 1. The minimum absolute atomic E-state index is 0.184. The highest BCUT2D eigenvalue weighted by Crippen LogP contribution is 2.20. The Labute approximate surface area is 133 Å². The predicted octanol–water partition coefficient (Wildman–Crippen LogP) is 3.48. The third kappa shape index (κ3) is 3.08. The molecular formula is C18H16N2O3. The number of ether oxygens (including phenoxy) is 1. The first-order valence-electron chi connectivity index (χ1n) is 7.11. The summed E-state index contributed by atoms with van der Waals surface area (Å²) in [6.45, 7) is 1.95. The van der Waals surface area contributed by atoms with Crippen LogP contribution < -0.4 is 15.6 Å². The Hall–Kier alpha value is -3.08. The van der Waals surface area contributed by atoms with E-state index in [1.165, 1.54) is 0 Å². The molecule has 23 heavy (non-hydrogen) atoms. The number of rotatable bonds is 3. The van der Waals surface area contributed by atoms with Gasteiger partial charge >= 0.3 is 0 Å². The maximum Gasteiger partial charge on any atom is 0.261 e. The molecule has 0 fully saturated rings. The fraction of sp³-hybridized carbons (Fsp3) is 0.111. The molecule has 0 spiro atoms. The van der Waals surface area contributed by atoms with Gasteiger partial charge < -0.3 is 14.5 Å². The lowest BCUT2D eigenvalue weighted by atomic mass is 10.1. The molecule has 0 unspecified atom stereocenters. The molecule has 0 bridgehead atoms. The van der Waals surface area contributed by atoms with Crippen molar-refractivity contribution in [2.24, 2.45) is 0 Å². The van der Waals surface area contributed by atoms with E-state index in [-0.39, 0.29) is 17.0 Å². The number of nitrogens with one attached hydrogen (secondary N) is 2. The van der Waals surface area contributed by atoms with Crippen LogP contribution in [0.5, 0.6) is 5.75 Å². The summed E-state index contributed by atoms with van der Waals surface area (Å²) in [6, 6.07) is 14.4. The van der Waals surface area contributed by atoms with Gasteiger partial charge in [0, 0.05) is 17.1 Å². The molecule has 1 heterocycles. The molecule has 1 amide bonds. The van der Waals surface area contributed by atoms with Crippen LogP contribution in [0.15, 0.2) is 52.9 Å². The Morgan fingerprint density at radius 1 is 1.17 bits per heavy atom. The molecule has 3 aromatic rings. The van der Waals surface area contributed by atoms with E-state index >= 15 is 0 Å². The standard InChI is InChI=1S/C18H16N2O3/c1-11-4-3-5-13(8-11)20-18(21)15-9-12-6-7-14(22-2)10-16(12)23-17(15)19/h3-10,19H,1-2H3,(H,20,21). The second-order valence-electron chi connectivity index (χ2n) is 5.22. The zero-order valence-electron chi connectivity index (χ0n) is 12.8. The van der Waals surface area contributed by atoms with Crippen molar-refractivity contribution in [3.63, 3.8) is 0 Å². The van der Waals surface area contributed by atoms with Crippen molar-refractivity contribution in [3.05, 3.63) is 65.2 Å². The number of aryl methyl sites for hydroxylation is 1. The molecule has 2 N–H and O–H groups in total. The van der Waals surface area contributed by atoms with Crippen molar-refractivity contribution < 1.29 is 13.9 Å². The van der Waals surface area contributed by atoms with Crippen LogP contribution >= 0.6 is 0 Å². The second kappa shape index (κ2) is 5.96. The van der Waals surface area contributed by atoms with Gasteiger partial charge in [0.2, 0.25) is 5.55 Å². The quantitative estimate of drug-likeness (QED) is 0.777. The van der Waals surface area contributed by atoms with Crippen LogP contribution in [-0.4, -0.2) is 13.0 Å². The third-order valence-corrected chi connectivity index (χ3v) is 3.50. The fourth-order valence-corrected chi connectivity index (χ4v) is 2.33. The van der Waals surface area contributed by atoms with Gasteiger partial charge in [0.1, 0.15) is 16.9 Å². The molecule has 0 saturated heterocycles. The number of carbonyl (C=O) groups is 1. The van der Waals surface area contributed by atoms with Crippen molar-refractivity contribution in [3.8, 4) is 5.75 Å². The van der Waals surface area contributed by atoms with Crippen molar-refractivity contribution in [2.75, 3.05) is 12.4 Å². The number of hydrogen-bond acceptors (Lipinski definition) is 4. The normalized spacial score (nSPS) is 10.5. The van der Waals surface area contributed by atoms with Gasteiger partial charge in [-0.15, -0.1) is 0 Å². The van der Waals surface area contributed by atoms with E-state index in [9.17, 15) is 4.79 Å². The van der Waals surface area contributed by atoms with Gasteiger partial charge in [-0.1, -0.05) is 12.1 Å². The van der Waals surface area contributed by atoms with Gasteiger partial charge in [-0.25, -0.2) is 0 Å². The molecule has 0 atom stereocenters.